The molecule has 0 heterocycles. The monoisotopic (exact) mass is 212 g/mol. The fraction of sp³-hybridized carbons (Fsp3) is 0.429. The Bertz CT molecular complexity index is 269. The number of alkyl halides is 3. The Balaban J connectivity index is 4.38. The summed E-state index contributed by atoms with van der Waals surface area (Å²) in [5.41, 5.74) is -1.73. The van der Waals surface area contributed by atoms with Gasteiger partial charge in [-0.1, -0.05) is 6.58 Å². The predicted molar refractivity (Wildman–Crippen MR) is 38.4 cm³/mol. The van der Waals surface area contributed by atoms with Crippen LogP contribution in [0, 0.1) is 0 Å². The molecule has 0 saturated carbocycles. The zero-order valence-electron chi connectivity index (χ0n) is 7.09. The van der Waals surface area contributed by atoms with E-state index >= 15 is 0 Å². The lowest BCUT2D eigenvalue weighted by Crippen LogP contribution is -2.28. The van der Waals surface area contributed by atoms with Crippen LogP contribution in [0.25, 0.3) is 0 Å². The molecule has 0 spiro atoms. The van der Waals surface area contributed by atoms with Gasteiger partial charge in [0, 0.05) is 0 Å². The highest BCUT2D eigenvalue weighted by molar-refractivity contribution is 5.90. The normalized spacial score (nSPS) is 13.1. The van der Waals surface area contributed by atoms with E-state index in [1.807, 2.05) is 0 Å². The number of aliphatic carboxylic acids is 1. The first-order valence-corrected chi connectivity index (χ1v) is 3.36. The van der Waals surface area contributed by atoms with Crippen molar-refractivity contribution in [3.63, 3.8) is 0 Å². The number of ether oxygens (including phenoxy) is 1. The zero-order valence-corrected chi connectivity index (χ0v) is 7.09. The van der Waals surface area contributed by atoms with Crippen LogP contribution in [-0.2, 0) is 14.3 Å². The molecule has 0 aliphatic heterocycles. The van der Waals surface area contributed by atoms with Crippen molar-refractivity contribution in [3.8, 4) is 0 Å². The molecule has 80 valence electrons. The van der Waals surface area contributed by atoms with Crippen LogP contribution in [0.3, 0.4) is 0 Å². The first-order chi connectivity index (χ1) is 6.16. The van der Waals surface area contributed by atoms with Gasteiger partial charge in [0.15, 0.2) is 6.10 Å². The van der Waals surface area contributed by atoms with Gasteiger partial charge in [0.1, 0.15) is 5.57 Å². The number of carbonyl (C=O) groups is 2. The number of halogens is 3. The third kappa shape index (κ3) is 3.46. The Morgan fingerprint density at radius 1 is 1.43 bits per heavy atom. The van der Waals surface area contributed by atoms with Gasteiger partial charge < -0.3 is 9.84 Å². The Morgan fingerprint density at radius 2 is 1.86 bits per heavy atom. The van der Waals surface area contributed by atoms with E-state index in [1.54, 1.807) is 0 Å². The lowest BCUT2D eigenvalue weighted by molar-refractivity contribution is -0.165. The van der Waals surface area contributed by atoms with Gasteiger partial charge in [-0.2, -0.15) is 13.2 Å². The molecule has 14 heavy (non-hydrogen) atoms. The second kappa shape index (κ2) is 4.12. The van der Waals surface area contributed by atoms with Crippen molar-refractivity contribution in [3.05, 3.63) is 12.2 Å². The maximum absolute atomic E-state index is 11.8. The third-order valence-electron chi connectivity index (χ3n) is 1.22. The highest BCUT2D eigenvalue weighted by atomic mass is 19.4. The molecule has 0 amide bonds. The lowest BCUT2D eigenvalue weighted by atomic mass is 10.3. The van der Waals surface area contributed by atoms with Gasteiger partial charge in [-0.15, -0.1) is 0 Å². The number of hydrogen-bond donors (Lipinski definition) is 1. The first kappa shape index (κ1) is 12.5. The Morgan fingerprint density at radius 3 is 2.14 bits per heavy atom. The van der Waals surface area contributed by atoms with Crippen LogP contribution in [0.15, 0.2) is 12.2 Å². The van der Waals surface area contributed by atoms with Crippen molar-refractivity contribution < 1.29 is 32.6 Å². The van der Waals surface area contributed by atoms with Crippen molar-refractivity contribution >= 4 is 11.9 Å². The predicted octanol–water partition coefficient (Wildman–Crippen LogP) is 1.12. The molecular formula is C7H7F3O4. The summed E-state index contributed by atoms with van der Waals surface area (Å²) in [6.07, 6.45) is -6.54. The molecule has 0 aliphatic rings. The fourth-order valence-electron chi connectivity index (χ4n) is 0.398. The highest BCUT2D eigenvalue weighted by Crippen LogP contribution is 2.25. The number of carbonyl (C=O) groups excluding carboxylic acids is 1. The summed E-state index contributed by atoms with van der Waals surface area (Å²) in [5.74, 6) is -3.32. The van der Waals surface area contributed by atoms with E-state index in [1.165, 1.54) is 0 Å². The number of carboxylic acids is 1. The Kier molecular flexibility index (Phi) is 3.67. The van der Waals surface area contributed by atoms with Gasteiger partial charge >= 0.3 is 18.1 Å². The molecule has 1 atom stereocenters. The van der Waals surface area contributed by atoms with Gasteiger partial charge in [0.25, 0.3) is 0 Å². The quantitative estimate of drug-likeness (QED) is 0.562. The van der Waals surface area contributed by atoms with Crippen LogP contribution >= 0.6 is 0 Å². The van der Waals surface area contributed by atoms with Crippen LogP contribution in [0.4, 0.5) is 13.2 Å². The topological polar surface area (TPSA) is 63.6 Å². The molecule has 1 N–H and O–H groups in total. The molecule has 0 aromatic rings. The van der Waals surface area contributed by atoms with E-state index in [0.717, 1.165) is 6.92 Å². The van der Waals surface area contributed by atoms with Gasteiger partial charge in [0.05, 0.1) is 0 Å². The van der Waals surface area contributed by atoms with E-state index < -0.39 is 29.8 Å². The second-order valence-electron chi connectivity index (χ2n) is 2.36. The molecule has 0 aliphatic carbocycles. The summed E-state index contributed by atoms with van der Waals surface area (Å²) < 4.78 is 39.4. The fourth-order valence-corrected chi connectivity index (χ4v) is 0.398. The van der Waals surface area contributed by atoms with E-state index in [2.05, 4.69) is 11.3 Å². The van der Waals surface area contributed by atoms with Crippen LogP contribution in [0.5, 0.6) is 0 Å². The summed E-state index contributed by atoms with van der Waals surface area (Å²) in [6.45, 7) is 3.38. The standard InChI is InChI=1S/C7H7F3O4/c1-3(7(8,9)10)6(13)14-4(2)5(11)12/h4H,1H2,2H3,(H,11,12). The Labute approximate surface area is 77.0 Å². The maximum atomic E-state index is 11.8. The largest absolute Gasteiger partial charge is 0.479 e. The molecule has 1 unspecified atom stereocenters. The molecule has 0 bridgehead atoms. The number of esters is 1. The van der Waals surface area contributed by atoms with Crippen molar-refractivity contribution in [1.29, 1.82) is 0 Å². The van der Waals surface area contributed by atoms with Crippen LogP contribution < -0.4 is 0 Å². The number of hydrogen-bond acceptors (Lipinski definition) is 3. The minimum absolute atomic E-state index is 0.934. The van der Waals surface area contributed by atoms with E-state index in [0.29, 0.717) is 0 Å². The lowest BCUT2D eigenvalue weighted by Gasteiger charge is -2.11. The minimum atomic E-state index is -4.91. The average Bonchev–Trinajstić information content (AvgIpc) is 2.00. The molecule has 4 nitrogen and oxygen atoms in total. The van der Waals surface area contributed by atoms with Gasteiger partial charge in [-0.25, -0.2) is 9.59 Å². The maximum Gasteiger partial charge on any atom is 0.422 e. The average molecular weight is 212 g/mol. The molecule has 0 rings (SSSR count). The van der Waals surface area contributed by atoms with Crippen molar-refractivity contribution in [2.45, 2.75) is 19.2 Å². The van der Waals surface area contributed by atoms with Crippen LogP contribution in [0.2, 0.25) is 0 Å². The molecular weight excluding hydrogens is 205 g/mol. The SMILES string of the molecule is C=C(C(=O)OC(C)C(=O)O)C(F)(F)F. The molecule has 0 aromatic heterocycles. The van der Waals surface area contributed by atoms with Crippen molar-refractivity contribution in [2.24, 2.45) is 0 Å². The van der Waals surface area contributed by atoms with Gasteiger partial charge in [-0.05, 0) is 6.92 Å². The molecule has 7 heteroatoms. The molecule has 0 radical (unpaired) electrons. The first-order valence-electron chi connectivity index (χ1n) is 3.36. The van der Waals surface area contributed by atoms with E-state index in [-0.39, 0.29) is 0 Å². The summed E-state index contributed by atoms with van der Waals surface area (Å²) in [4.78, 5) is 20.7. The molecule has 0 aromatic carbocycles. The minimum Gasteiger partial charge on any atom is -0.479 e. The highest BCUT2D eigenvalue weighted by Gasteiger charge is 2.38. The number of rotatable bonds is 3. The third-order valence-corrected chi connectivity index (χ3v) is 1.22. The molecule has 0 fully saturated rings. The van der Waals surface area contributed by atoms with E-state index in [9.17, 15) is 22.8 Å². The second-order valence-corrected chi connectivity index (χ2v) is 2.36. The van der Waals surface area contributed by atoms with Gasteiger partial charge in [0.2, 0.25) is 0 Å². The Hall–Kier alpha value is -1.53. The summed E-state index contributed by atoms with van der Waals surface area (Å²) in [5, 5.41) is 8.23. The van der Waals surface area contributed by atoms with Crippen LogP contribution in [0.1, 0.15) is 6.92 Å². The zero-order chi connectivity index (χ0) is 11.5. The van der Waals surface area contributed by atoms with Gasteiger partial charge in [-0.3, -0.25) is 0 Å². The smallest absolute Gasteiger partial charge is 0.422 e. The van der Waals surface area contributed by atoms with E-state index in [4.69, 9.17) is 5.11 Å². The van der Waals surface area contributed by atoms with Crippen LogP contribution in [-0.4, -0.2) is 29.3 Å². The number of carboxylic acid groups (broad SMARTS) is 1. The summed E-state index contributed by atoms with van der Waals surface area (Å²) in [7, 11) is 0. The van der Waals surface area contributed by atoms with Crippen molar-refractivity contribution in [2.75, 3.05) is 0 Å². The van der Waals surface area contributed by atoms with Crippen molar-refractivity contribution in [1.82, 2.24) is 0 Å². The molecule has 0 saturated heterocycles. The summed E-state index contributed by atoms with van der Waals surface area (Å²) in [6, 6.07) is 0. The summed E-state index contributed by atoms with van der Waals surface area (Å²) >= 11 is 0.